The summed E-state index contributed by atoms with van der Waals surface area (Å²) in [7, 11) is 1.59. The van der Waals surface area contributed by atoms with E-state index in [9.17, 15) is 4.79 Å². The molecular formula is C11H15NO3S. The second-order valence-electron chi connectivity index (χ2n) is 3.26. The molecule has 0 saturated carbocycles. The summed E-state index contributed by atoms with van der Waals surface area (Å²) in [6.07, 6.45) is 0.845. The van der Waals surface area contributed by atoms with Crippen LogP contribution in [-0.4, -0.2) is 23.9 Å². The van der Waals surface area contributed by atoms with E-state index in [1.54, 1.807) is 24.9 Å². The minimum atomic E-state index is -0.759. The highest BCUT2D eigenvalue weighted by Gasteiger charge is 2.04. The van der Waals surface area contributed by atoms with Crippen LogP contribution in [0.1, 0.15) is 12.8 Å². The van der Waals surface area contributed by atoms with Crippen LogP contribution in [0.3, 0.4) is 0 Å². The number of carboxylic acid groups (broad SMARTS) is 1. The van der Waals surface area contributed by atoms with Crippen molar-refractivity contribution in [2.24, 2.45) is 0 Å². The number of methoxy groups -OCH3 is 1. The lowest BCUT2D eigenvalue weighted by Gasteiger charge is -2.08. The van der Waals surface area contributed by atoms with Gasteiger partial charge in [-0.1, -0.05) is 0 Å². The van der Waals surface area contributed by atoms with E-state index in [0.29, 0.717) is 12.1 Å². The van der Waals surface area contributed by atoms with Crippen molar-refractivity contribution < 1.29 is 14.6 Å². The molecule has 0 amide bonds. The Morgan fingerprint density at radius 3 is 2.94 bits per heavy atom. The lowest BCUT2D eigenvalue weighted by atomic mass is 10.3. The summed E-state index contributed by atoms with van der Waals surface area (Å²) in [5.41, 5.74) is 6.29. The molecule has 0 aromatic heterocycles. The van der Waals surface area contributed by atoms with Crippen LogP contribution in [0.4, 0.5) is 5.69 Å². The molecule has 3 N–H and O–H groups in total. The summed E-state index contributed by atoms with van der Waals surface area (Å²) in [4.78, 5) is 11.3. The smallest absolute Gasteiger partial charge is 0.303 e. The van der Waals surface area contributed by atoms with E-state index in [-0.39, 0.29) is 6.42 Å². The molecule has 0 radical (unpaired) electrons. The van der Waals surface area contributed by atoms with E-state index < -0.39 is 5.97 Å². The average molecular weight is 241 g/mol. The molecule has 0 unspecified atom stereocenters. The molecule has 1 aromatic carbocycles. The Morgan fingerprint density at radius 1 is 1.56 bits per heavy atom. The van der Waals surface area contributed by atoms with E-state index in [1.165, 1.54) is 0 Å². The zero-order chi connectivity index (χ0) is 12.0. The van der Waals surface area contributed by atoms with E-state index in [0.717, 1.165) is 16.4 Å². The highest BCUT2D eigenvalue weighted by Crippen LogP contribution is 2.31. The molecule has 1 rings (SSSR count). The summed E-state index contributed by atoms with van der Waals surface area (Å²) in [5, 5.41) is 8.50. The standard InChI is InChI=1S/C11H15NO3S/c1-15-9-7-8(12)4-5-10(9)16-6-2-3-11(13)14/h4-5,7H,2-3,6,12H2,1H3,(H,13,14). The fourth-order valence-corrected chi connectivity index (χ4v) is 2.17. The fraction of sp³-hybridized carbons (Fsp3) is 0.364. The molecule has 0 saturated heterocycles. The maximum absolute atomic E-state index is 10.3. The van der Waals surface area contributed by atoms with Crippen LogP contribution in [0.25, 0.3) is 0 Å². The topological polar surface area (TPSA) is 72.5 Å². The van der Waals surface area contributed by atoms with Crippen molar-refractivity contribution in [1.82, 2.24) is 0 Å². The van der Waals surface area contributed by atoms with Gasteiger partial charge in [-0.25, -0.2) is 0 Å². The van der Waals surface area contributed by atoms with Gasteiger partial charge in [-0.05, 0) is 24.3 Å². The number of ether oxygens (including phenoxy) is 1. The lowest BCUT2D eigenvalue weighted by Crippen LogP contribution is -1.95. The zero-order valence-electron chi connectivity index (χ0n) is 9.10. The second kappa shape index (κ2) is 6.27. The molecule has 0 atom stereocenters. The Hall–Kier alpha value is -1.36. The van der Waals surface area contributed by atoms with Gasteiger partial charge in [-0.15, -0.1) is 11.8 Å². The van der Waals surface area contributed by atoms with E-state index in [2.05, 4.69) is 0 Å². The van der Waals surface area contributed by atoms with Gasteiger partial charge in [0.2, 0.25) is 0 Å². The molecule has 5 heteroatoms. The number of nitrogens with two attached hydrogens (primary N) is 1. The number of hydrogen-bond acceptors (Lipinski definition) is 4. The third kappa shape index (κ3) is 4.02. The van der Waals surface area contributed by atoms with Crippen molar-refractivity contribution in [2.75, 3.05) is 18.6 Å². The quantitative estimate of drug-likeness (QED) is 0.454. The van der Waals surface area contributed by atoms with Gasteiger partial charge in [0.05, 0.1) is 7.11 Å². The Morgan fingerprint density at radius 2 is 2.31 bits per heavy atom. The maximum atomic E-state index is 10.3. The normalized spacial score (nSPS) is 10.1. The number of thioether (sulfide) groups is 1. The Kier molecular flexibility index (Phi) is 4.98. The highest BCUT2D eigenvalue weighted by molar-refractivity contribution is 7.99. The molecule has 0 aliphatic heterocycles. The molecule has 0 aliphatic rings. The van der Waals surface area contributed by atoms with Crippen molar-refractivity contribution in [1.29, 1.82) is 0 Å². The fourth-order valence-electron chi connectivity index (χ4n) is 1.21. The van der Waals surface area contributed by atoms with E-state index in [4.69, 9.17) is 15.6 Å². The van der Waals surface area contributed by atoms with Gasteiger partial charge < -0.3 is 15.6 Å². The number of aliphatic carboxylic acids is 1. The number of benzene rings is 1. The third-order valence-corrected chi connectivity index (χ3v) is 3.12. The van der Waals surface area contributed by atoms with Gasteiger partial charge in [-0.3, -0.25) is 4.79 Å². The summed E-state index contributed by atoms with van der Waals surface area (Å²) in [5.74, 6) is 0.734. The van der Waals surface area contributed by atoms with Crippen molar-refractivity contribution in [2.45, 2.75) is 17.7 Å². The second-order valence-corrected chi connectivity index (χ2v) is 4.39. The SMILES string of the molecule is COc1cc(N)ccc1SCCCC(=O)O. The Balaban J connectivity index is 2.50. The Labute approximate surface area is 98.8 Å². The maximum Gasteiger partial charge on any atom is 0.303 e. The molecule has 16 heavy (non-hydrogen) atoms. The van der Waals surface area contributed by atoms with Crippen LogP contribution >= 0.6 is 11.8 Å². The summed E-state index contributed by atoms with van der Waals surface area (Å²) in [6, 6.07) is 5.46. The molecular weight excluding hydrogens is 226 g/mol. The van der Waals surface area contributed by atoms with Crippen LogP contribution in [0.15, 0.2) is 23.1 Å². The molecule has 0 aliphatic carbocycles. The van der Waals surface area contributed by atoms with Crippen LogP contribution in [0.5, 0.6) is 5.75 Å². The zero-order valence-corrected chi connectivity index (χ0v) is 9.92. The third-order valence-electron chi connectivity index (χ3n) is 1.98. The minimum absolute atomic E-state index is 0.199. The predicted molar refractivity (Wildman–Crippen MR) is 65.0 cm³/mol. The molecule has 0 heterocycles. The van der Waals surface area contributed by atoms with Crippen molar-refractivity contribution in [3.63, 3.8) is 0 Å². The van der Waals surface area contributed by atoms with Crippen LogP contribution in [0.2, 0.25) is 0 Å². The average Bonchev–Trinajstić information content (AvgIpc) is 2.25. The minimum Gasteiger partial charge on any atom is -0.496 e. The summed E-state index contributed by atoms with van der Waals surface area (Å²) >= 11 is 1.58. The number of rotatable bonds is 6. The van der Waals surface area contributed by atoms with Gasteiger partial charge in [0.1, 0.15) is 5.75 Å². The Bertz CT molecular complexity index is 368. The molecule has 0 fully saturated rings. The molecule has 0 spiro atoms. The van der Waals surface area contributed by atoms with Crippen LogP contribution in [-0.2, 0) is 4.79 Å². The van der Waals surface area contributed by atoms with Crippen LogP contribution in [0, 0.1) is 0 Å². The van der Waals surface area contributed by atoms with Crippen molar-refractivity contribution in [3.8, 4) is 5.75 Å². The molecule has 88 valence electrons. The van der Waals surface area contributed by atoms with E-state index >= 15 is 0 Å². The summed E-state index contributed by atoms with van der Waals surface area (Å²) in [6.45, 7) is 0. The number of hydrogen-bond donors (Lipinski definition) is 2. The molecule has 1 aromatic rings. The first-order valence-corrected chi connectivity index (χ1v) is 5.90. The monoisotopic (exact) mass is 241 g/mol. The van der Waals surface area contributed by atoms with Gasteiger partial charge in [0.15, 0.2) is 0 Å². The number of carboxylic acids is 1. The first kappa shape index (κ1) is 12.7. The van der Waals surface area contributed by atoms with Gasteiger partial charge >= 0.3 is 5.97 Å². The van der Waals surface area contributed by atoms with Crippen molar-refractivity contribution in [3.05, 3.63) is 18.2 Å². The number of carbonyl (C=O) groups is 1. The van der Waals surface area contributed by atoms with E-state index in [1.807, 2.05) is 12.1 Å². The summed E-state index contributed by atoms with van der Waals surface area (Å²) < 4.78 is 5.19. The molecule has 0 bridgehead atoms. The largest absolute Gasteiger partial charge is 0.496 e. The number of anilines is 1. The van der Waals surface area contributed by atoms with Gasteiger partial charge in [0.25, 0.3) is 0 Å². The van der Waals surface area contributed by atoms with Gasteiger partial charge in [-0.2, -0.15) is 0 Å². The van der Waals surface area contributed by atoms with Crippen LogP contribution < -0.4 is 10.5 Å². The number of nitrogen functional groups attached to an aromatic ring is 1. The predicted octanol–water partition coefficient (Wildman–Crippen LogP) is 2.23. The first-order chi connectivity index (χ1) is 7.63. The lowest BCUT2D eigenvalue weighted by molar-refractivity contribution is -0.137. The first-order valence-electron chi connectivity index (χ1n) is 4.91. The molecule has 4 nitrogen and oxygen atoms in total. The van der Waals surface area contributed by atoms with Crippen molar-refractivity contribution >= 4 is 23.4 Å². The highest BCUT2D eigenvalue weighted by atomic mass is 32.2. The van der Waals surface area contributed by atoms with Gasteiger partial charge in [0, 0.05) is 23.1 Å².